The van der Waals surface area contributed by atoms with Crippen LogP contribution in [0.25, 0.3) is 0 Å². The normalized spacial score (nSPS) is 30.2. The Morgan fingerprint density at radius 2 is 1.82 bits per heavy atom. The maximum Gasteiger partial charge on any atom is 0.246 e. The minimum Gasteiger partial charge on any atom is -0.497 e. The van der Waals surface area contributed by atoms with Gasteiger partial charge in [0, 0.05) is 17.8 Å². The van der Waals surface area contributed by atoms with Gasteiger partial charge in [-0.25, -0.2) is 0 Å². The fourth-order valence-electron chi connectivity index (χ4n) is 6.97. The summed E-state index contributed by atoms with van der Waals surface area (Å²) in [5.74, 6) is -1.68. The van der Waals surface area contributed by atoms with Gasteiger partial charge in [0.1, 0.15) is 17.4 Å². The van der Waals surface area contributed by atoms with Crippen LogP contribution in [0, 0.1) is 11.8 Å². The lowest BCUT2D eigenvalue weighted by Gasteiger charge is -2.37. The highest BCUT2D eigenvalue weighted by Crippen LogP contribution is 2.56. The fourth-order valence-corrected chi connectivity index (χ4v) is 6.97. The van der Waals surface area contributed by atoms with Crippen LogP contribution in [-0.4, -0.2) is 53.5 Å². The first-order chi connectivity index (χ1) is 18.9. The summed E-state index contributed by atoms with van der Waals surface area (Å²) in [5, 5.41) is 6.20. The third kappa shape index (κ3) is 4.31. The van der Waals surface area contributed by atoms with E-state index in [1.165, 1.54) is 6.42 Å². The first kappa shape index (κ1) is 25.6. The molecule has 2 bridgehead atoms. The number of nitrogens with one attached hydrogen (secondary N) is 2. The van der Waals surface area contributed by atoms with Crippen molar-refractivity contribution in [2.24, 2.45) is 11.8 Å². The first-order valence-electron chi connectivity index (χ1n) is 13.9. The van der Waals surface area contributed by atoms with Gasteiger partial charge in [-0.05, 0) is 37.5 Å². The van der Waals surface area contributed by atoms with E-state index in [2.05, 4.69) is 10.6 Å². The summed E-state index contributed by atoms with van der Waals surface area (Å²) in [7, 11) is 1.57. The Balaban J connectivity index is 1.34. The second-order valence-electron chi connectivity index (χ2n) is 11.1. The highest BCUT2D eigenvalue weighted by atomic mass is 16.5. The van der Waals surface area contributed by atoms with Crippen LogP contribution in [0.15, 0.2) is 66.7 Å². The van der Waals surface area contributed by atoms with E-state index >= 15 is 0 Å². The molecule has 1 spiro atoms. The van der Waals surface area contributed by atoms with Gasteiger partial charge in [0.2, 0.25) is 17.7 Å². The second kappa shape index (κ2) is 10.2. The molecule has 6 rings (SSSR count). The van der Waals surface area contributed by atoms with Crippen LogP contribution in [0.3, 0.4) is 0 Å². The van der Waals surface area contributed by atoms with Crippen LogP contribution < -0.4 is 15.4 Å². The topological polar surface area (TPSA) is 97.0 Å². The Labute approximate surface area is 228 Å². The molecule has 0 unspecified atom stereocenters. The third-order valence-electron chi connectivity index (χ3n) is 8.85. The summed E-state index contributed by atoms with van der Waals surface area (Å²) in [6.07, 6.45) is 8.33. The van der Waals surface area contributed by atoms with Gasteiger partial charge >= 0.3 is 0 Å². The Morgan fingerprint density at radius 3 is 2.56 bits per heavy atom. The molecule has 0 aromatic heterocycles. The molecule has 2 N–H and O–H groups in total. The molecule has 4 aliphatic rings. The van der Waals surface area contributed by atoms with Crippen LogP contribution in [0.5, 0.6) is 5.75 Å². The fraction of sp³-hybridized carbons (Fsp3) is 0.452. The Bertz CT molecular complexity index is 1290. The van der Waals surface area contributed by atoms with E-state index in [9.17, 15) is 14.4 Å². The zero-order valence-corrected chi connectivity index (χ0v) is 22.3. The van der Waals surface area contributed by atoms with E-state index in [-0.39, 0.29) is 29.8 Å². The van der Waals surface area contributed by atoms with E-state index in [1.54, 1.807) is 36.3 Å². The van der Waals surface area contributed by atoms with Gasteiger partial charge in [0.25, 0.3) is 0 Å². The van der Waals surface area contributed by atoms with Gasteiger partial charge in [-0.15, -0.1) is 0 Å². The molecule has 1 aliphatic carbocycles. The molecule has 3 aliphatic heterocycles. The third-order valence-corrected chi connectivity index (χ3v) is 8.85. The minimum atomic E-state index is -1.19. The van der Waals surface area contributed by atoms with Crippen molar-refractivity contribution in [2.45, 2.75) is 68.9 Å². The SMILES string of the molecule is COc1cccc(NC(=O)[C@@H]2[C@@H]3C=C[C@]4(O3)[C@@H]2C(=O)N([C@@H](C)c2ccccc2)[C@H]4C(=O)NC2CCCCC2)c1. The van der Waals surface area contributed by atoms with Crippen molar-refractivity contribution in [1.29, 1.82) is 0 Å². The van der Waals surface area contributed by atoms with Crippen molar-refractivity contribution in [3.8, 4) is 5.75 Å². The van der Waals surface area contributed by atoms with Crippen molar-refractivity contribution < 1.29 is 23.9 Å². The van der Waals surface area contributed by atoms with Gasteiger partial charge in [-0.2, -0.15) is 0 Å². The van der Waals surface area contributed by atoms with Crippen LogP contribution in [0.2, 0.25) is 0 Å². The number of hydrogen-bond donors (Lipinski definition) is 2. The van der Waals surface area contributed by atoms with Crippen molar-refractivity contribution >= 4 is 23.4 Å². The molecule has 8 heteroatoms. The number of carbonyl (C=O) groups is 3. The highest BCUT2D eigenvalue weighted by Gasteiger charge is 2.73. The maximum absolute atomic E-state index is 14.3. The number of anilines is 1. The van der Waals surface area contributed by atoms with Gasteiger partial charge in [-0.3, -0.25) is 14.4 Å². The largest absolute Gasteiger partial charge is 0.497 e. The molecule has 3 fully saturated rings. The van der Waals surface area contributed by atoms with Gasteiger partial charge < -0.3 is 25.0 Å². The van der Waals surface area contributed by atoms with E-state index in [1.807, 2.05) is 49.4 Å². The molecule has 8 nitrogen and oxygen atoms in total. The molecule has 3 amide bonds. The molecule has 2 saturated heterocycles. The second-order valence-corrected chi connectivity index (χ2v) is 11.1. The zero-order valence-electron chi connectivity index (χ0n) is 22.3. The molecule has 2 aromatic carbocycles. The average molecular weight is 530 g/mol. The molecular weight excluding hydrogens is 494 g/mol. The smallest absolute Gasteiger partial charge is 0.246 e. The van der Waals surface area contributed by atoms with Crippen molar-refractivity contribution in [3.63, 3.8) is 0 Å². The molecule has 3 heterocycles. The number of carbonyl (C=O) groups excluding carboxylic acids is 3. The van der Waals surface area contributed by atoms with Gasteiger partial charge in [0.15, 0.2) is 0 Å². The lowest BCUT2D eigenvalue weighted by atomic mass is 9.74. The monoisotopic (exact) mass is 529 g/mol. The zero-order chi connectivity index (χ0) is 27.1. The standard InChI is InChI=1S/C31H35N3O5/c1-19(20-10-5-3-6-11-20)34-27(29(36)32-21-12-7-4-8-13-21)31-17-16-24(39-31)25(26(31)30(34)37)28(35)33-22-14-9-15-23(18-22)38-2/h3,5-6,9-11,14-19,21,24-27H,4,7-8,12-13H2,1-2H3,(H,32,36)(H,33,35)/t19-,24-,25+,26-,27-,31-/m0/s1. The minimum absolute atomic E-state index is 0.0837. The number of fused-ring (bicyclic) bond motifs is 1. The molecule has 1 saturated carbocycles. The number of likely N-dealkylation sites (tertiary alicyclic amines) is 1. The number of benzene rings is 2. The van der Waals surface area contributed by atoms with Crippen molar-refractivity contribution in [2.75, 3.05) is 12.4 Å². The predicted molar refractivity (Wildman–Crippen MR) is 146 cm³/mol. The van der Waals surface area contributed by atoms with E-state index in [0.717, 1.165) is 31.2 Å². The molecule has 39 heavy (non-hydrogen) atoms. The number of nitrogens with zero attached hydrogens (tertiary/aromatic N) is 1. The van der Waals surface area contributed by atoms with Crippen LogP contribution in [0.1, 0.15) is 50.6 Å². The van der Waals surface area contributed by atoms with Crippen LogP contribution in [-0.2, 0) is 19.1 Å². The number of methoxy groups -OCH3 is 1. The van der Waals surface area contributed by atoms with E-state index in [0.29, 0.717) is 11.4 Å². The summed E-state index contributed by atoms with van der Waals surface area (Å²) in [5.41, 5.74) is 0.306. The van der Waals surface area contributed by atoms with Gasteiger partial charge in [0.05, 0.1) is 31.1 Å². The average Bonchev–Trinajstić information content (AvgIpc) is 3.61. The number of ether oxygens (including phenoxy) is 2. The predicted octanol–water partition coefficient (Wildman–Crippen LogP) is 3.99. The molecule has 204 valence electrons. The summed E-state index contributed by atoms with van der Waals surface area (Å²) >= 11 is 0. The highest BCUT2D eigenvalue weighted by molar-refractivity contribution is 6.03. The Morgan fingerprint density at radius 1 is 1.05 bits per heavy atom. The molecule has 2 aromatic rings. The number of amides is 3. The van der Waals surface area contributed by atoms with Crippen LogP contribution >= 0.6 is 0 Å². The number of rotatable bonds is 7. The lowest BCUT2D eigenvalue weighted by Crippen LogP contribution is -2.56. The Hall–Kier alpha value is -3.65. The van der Waals surface area contributed by atoms with Crippen molar-refractivity contribution in [3.05, 3.63) is 72.3 Å². The summed E-state index contributed by atoms with van der Waals surface area (Å²) in [4.78, 5) is 43.7. The summed E-state index contributed by atoms with van der Waals surface area (Å²) < 4.78 is 11.8. The molecule has 6 atom stereocenters. The van der Waals surface area contributed by atoms with Crippen molar-refractivity contribution in [1.82, 2.24) is 10.2 Å². The van der Waals surface area contributed by atoms with Crippen LogP contribution in [0.4, 0.5) is 5.69 Å². The lowest BCUT2D eigenvalue weighted by molar-refractivity contribution is -0.143. The molecular formula is C31H35N3O5. The van der Waals surface area contributed by atoms with E-state index < -0.39 is 29.6 Å². The maximum atomic E-state index is 14.3. The van der Waals surface area contributed by atoms with Gasteiger partial charge in [-0.1, -0.05) is 67.8 Å². The number of hydrogen-bond acceptors (Lipinski definition) is 5. The quantitative estimate of drug-likeness (QED) is 0.529. The Kier molecular flexibility index (Phi) is 6.67. The summed E-state index contributed by atoms with van der Waals surface area (Å²) in [6.45, 7) is 1.94. The summed E-state index contributed by atoms with van der Waals surface area (Å²) in [6, 6.07) is 15.6. The first-order valence-corrected chi connectivity index (χ1v) is 13.9. The molecule has 0 radical (unpaired) electrons. The van der Waals surface area contributed by atoms with E-state index in [4.69, 9.17) is 9.47 Å².